The average Bonchev–Trinajstić information content (AvgIpc) is 2.84. The van der Waals surface area contributed by atoms with Crippen LogP contribution in [-0.2, 0) is 14.8 Å². The molecule has 3 aromatic rings. The van der Waals surface area contributed by atoms with E-state index in [4.69, 9.17) is 4.74 Å². The lowest BCUT2D eigenvalue weighted by atomic mass is 10.1. The third-order valence-corrected chi connectivity index (χ3v) is 7.17. The number of sulfonamides is 1. The fourth-order valence-electron chi connectivity index (χ4n) is 3.38. The Morgan fingerprint density at radius 1 is 0.972 bits per heavy atom. The first-order valence-corrected chi connectivity index (χ1v) is 13.2. The summed E-state index contributed by atoms with van der Waals surface area (Å²) in [4.78, 5) is 12.9. The molecule has 190 valence electrons. The van der Waals surface area contributed by atoms with Crippen molar-refractivity contribution in [2.24, 2.45) is 11.0 Å². The smallest absolute Gasteiger partial charge is 0.264 e. The molecule has 0 saturated heterocycles. The standard InChI is InChI=1S/C28H33N3O4S/c1-20(2)19-35-25-12-10-24(11-13-25)17-29-30-28(32)18-31(27-16-22(4)6-9-23(27)5)36(33,34)26-14-7-21(3)8-15-26/h6-17,20H,18-19H2,1-5H3,(H,30,32)/b29-17+. The van der Waals surface area contributed by atoms with Crippen molar-refractivity contribution in [1.29, 1.82) is 0 Å². The summed E-state index contributed by atoms with van der Waals surface area (Å²) >= 11 is 0. The van der Waals surface area contributed by atoms with Crippen molar-refractivity contribution in [3.05, 3.63) is 89.0 Å². The summed E-state index contributed by atoms with van der Waals surface area (Å²) < 4.78 is 33.9. The summed E-state index contributed by atoms with van der Waals surface area (Å²) in [5.74, 6) is 0.634. The zero-order valence-electron chi connectivity index (χ0n) is 21.4. The molecule has 0 aliphatic heterocycles. The number of anilines is 1. The van der Waals surface area contributed by atoms with Crippen molar-refractivity contribution in [3.63, 3.8) is 0 Å². The highest BCUT2D eigenvalue weighted by atomic mass is 32.2. The van der Waals surface area contributed by atoms with Gasteiger partial charge in [0.05, 0.1) is 23.4 Å². The van der Waals surface area contributed by atoms with Crippen LogP contribution in [0, 0.1) is 26.7 Å². The molecule has 0 radical (unpaired) electrons. The lowest BCUT2D eigenvalue weighted by Gasteiger charge is -2.25. The van der Waals surface area contributed by atoms with E-state index in [-0.39, 0.29) is 4.90 Å². The minimum Gasteiger partial charge on any atom is -0.493 e. The van der Waals surface area contributed by atoms with Gasteiger partial charge >= 0.3 is 0 Å². The fraction of sp³-hybridized carbons (Fsp3) is 0.286. The second kappa shape index (κ2) is 11.9. The van der Waals surface area contributed by atoms with Crippen LogP contribution in [0.1, 0.15) is 36.1 Å². The molecule has 0 fully saturated rings. The minimum atomic E-state index is -3.99. The SMILES string of the molecule is Cc1ccc(S(=O)(=O)N(CC(=O)N/N=C/c2ccc(OCC(C)C)cc2)c2cc(C)ccc2C)cc1. The summed E-state index contributed by atoms with van der Waals surface area (Å²) in [5.41, 5.74) is 6.24. The van der Waals surface area contributed by atoms with E-state index in [2.05, 4.69) is 24.4 Å². The number of hydrazone groups is 1. The Kier molecular flexibility index (Phi) is 8.88. The summed E-state index contributed by atoms with van der Waals surface area (Å²) in [6, 6.07) is 19.4. The number of hydrogen-bond donors (Lipinski definition) is 1. The van der Waals surface area contributed by atoms with Gasteiger partial charge in [0.15, 0.2) is 0 Å². The van der Waals surface area contributed by atoms with Gasteiger partial charge in [0.25, 0.3) is 15.9 Å². The average molecular weight is 508 g/mol. The Balaban J connectivity index is 1.77. The van der Waals surface area contributed by atoms with Gasteiger partial charge in [-0.25, -0.2) is 13.8 Å². The number of ether oxygens (including phenoxy) is 1. The van der Waals surface area contributed by atoms with Crippen LogP contribution in [0.5, 0.6) is 5.75 Å². The van der Waals surface area contributed by atoms with Crippen LogP contribution >= 0.6 is 0 Å². The molecule has 3 aromatic carbocycles. The normalized spacial score (nSPS) is 11.6. The molecule has 1 N–H and O–H groups in total. The molecule has 7 nitrogen and oxygen atoms in total. The van der Waals surface area contributed by atoms with Crippen LogP contribution in [0.15, 0.2) is 76.7 Å². The molecule has 0 spiro atoms. The number of nitrogens with zero attached hydrogens (tertiary/aromatic N) is 2. The Hall–Kier alpha value is -3.65. The van der Waals surface area contributed by atoms with Gasteiger partial charge in [-0.15, -0.1) is 0 Å². The van der Waals surface area contributed by atoms with Gasteiger partial charge in [0.2, 0.25) is 0 Å². The first kappa shape index (κ1) is 26.9. The van der Waals surface area contributed by atoms with Gasteiger partial charge < -0.3 is 4.74 Å². The van der Waals surface area contributed by atoms with Gasteiger partial charge in [-0.3, -0.25) is 9.10 Å². The largest absolute Gasteiger partial charge is 0.493 e. The Morgan fingerprint density at radius 3 is 2.25 bits per heavy atom. The van der Waals surface area contributed by atoms with E-state index < -0.39 is 22.5 Å². The summed E-state index contributed by atoms with van der Waals surface area (Å²) in [6.45, 7) is 9.96. The molecule has 0 aliphatic rings. The molecule has 8 heteroatoms. The van der Waals surface area contributed by atoms with E-state index in [1.807, 2.05) is 57.2 Å². The molecular weight excluding hydrogens is 474 g/mol. The van der Waals surface area contributed by atoms with Crippen LogP contribution < -0.4 is 14.5 Å². The lowest BCUT2D eigenvalue weighted by molar-refractivity contribution is -0.119. The maximum atomic E-state index is 13.6. The van der Waals surface area contributed by atoms with E-state index in [9.17, 15) is 13.2 Å². The Morgan fingerprint density at radius 2 is 1.61 bits per heavy atom. The lowest BCUT2D eigenvalue weighted by Crippen LogP contribution is -2.40. The fourth-order valence-corrected chi connectivity index (χ4v) is 4.86. The van der Waals surface area contributed by atoms with Crippen LogP contribution in [0.25, 0.3) is 0 Å². The van der Waals surface area contributed by atoms with Gasteiger partial charge in [-0.1, -0.05) is 43.7 Å². The highest BCUT2D eigenvalue weighted by Gasteiger charge is 2.28. The molecule has 0 unspecified atom stereocenters. The predicted molar refractivity (Wildman–Crippen MR) is 144 cm³/mol. The van der Waals surface area contributed by atoms with Crippen molar-refractivity contribution < 1.29 is 17.9 Å². The third kappa shape index (κ3) is 7.18. The van der Waals surface area contributed by atoms with Crippen molar-refractivity contribution in [2.75, 3.05) is 17.5 Å². The monoisotopic (exact) mass is 507 g/mol. The predicted octanol–water partition coefficient (Wildman–Crippen LogP) is 4.99. The molecule has 0 saturated carbocycles. The Bertz CT molecular complexity index is 1320. The van der Waals surface area contributed by atoms with E-state index in [1.54, 1.807) is 30.3 Å². The zero-order chi connectivity index (χ0) is 26.3. The van der Waals surface area contributed by atoms with Gasteiger partial charge in [0, 0.05) is 0 Å². The second-order valence-corrected chi connectivity index (χ2v) is 11.0. The van der Waals surface area contributed by atoms with Crippen molar-refractivity contribution in [2.45, 2.75) is 39.5 Å². The third-order valence-electron chi connectivity index (χ3n) is 5.40. The second-order valence-electron chi connectivity index (χ2n) is 9.18. The number of aryl methyl sites for hydroxylation is 3. The van der Waals surface area contributed by atoms with Gasteiger partial charge in [-0.05, 0) is 85.8 Å². The van der Waals surface area contributed by atoms with Crippen LogP contribution in [-0.4, -0.2) is 33.7 Å². The van der Waals surface area contributed by atoms with Crippen LogP contribution in [0.3, 0.4) is 0 Å². The number of hydrogen-bond acceptors (Lipinski definition) is 5. The molecule has 0 aromatic heterocycles. The van der Waals surface area contributed by atoms with Crippen molar-refractivity contribution in [1.82, 2.24) is 5.43 Å². The van der Waals surface area contributed by atoms with Crippen LogP contribution in [0.2, 0.25) is 0 Å². The molecule has 0 bridgehead atoms. The Labute approximate surface area is 213 Å². The zero-order valence-corrected chi connectivity index (χ0v) is 22.2. The van der Waals surface area contributed by atoms with Gasteiger partial charge in [0.1, 0.15) is 12.3 Å². The molecule has 3 rings (SSSR count). The highest BCUT2D eigenvalue weighted by molar-refractivity contribution is 7.92. The number of carbonyl (C=O) groups excluding carboxylic acids is 1. The van der Waals surface area contributed by atoms with E-state index in [0.717, 1.165) is 32.3 Å². The minimum absolute atomic E-state index is 0.116. The maximum absolute atomic E-state index is 13.6. The van der Waals surface area contributed by atoms with Gasteiger partial charge in [-0.2, -0.15) is 5.10 Å². The molecule has 1 amide bonds. The summed E-state index contributed by atoms with van der Waals surface area (Å²) in [5, 5.41) is 4.01. The van der Waals surface area contributed by atoms with Crippen molar-refractivity contribution >= 4 is 27.8 Å². The first-order chi connectivity index (χ1) is 17.1. The number of benzene rings is 3. The van der Waals surface area contributed by atoms with E-state index in [1.165, 1.54) is 6.21 Å². The maximum Gasteiger partial charge on any atom is 0.264 e. The summed E-state index contributed by atoms with van der Waals surface area (Å²) in [7, 11) is -3.99. The molecule has 0 aliphatic carbocycles. The number of carbonyl (C=O) groups is 1. The molecule has 36 heavy (non-hydrogen) atoms. The number of amides is 1. The number of nitrogens with one attached hydrogen (secondary N) is 1. The molecule has 0 heterocycles. The van der Waals surface area contributed by atoms with E-state index in [0.29, 0.717) is 18.2 Å². The topological polar surface area (TPSA) is 88.1 Å². The van der Waals surface area contributed by atoms with Crippen molar-refractivity contribution in [3.8, 4) is 5.75 Å². The molecular formula is C28H33N3O4S. The first-order valence-electron chi connectivity index (χ1n) is 11.8. The highest BCUT2D eigenvalue weighted by Crippen LogP contribution is 2.28. The molecule has 0 atom stereocenters. The van der Waals surface area contributed by atoms with Crippen LogP contribution in [0.4, 0.5) is 5.69 Å². The number of rotatable bonds is 10. The quantitative estimate of drug-likeness (QED) is 0.309. The van der Waals surface area contributed by atoms with E-state index >= 15 is 0 Å². The summed E-state index contributed by atoms with van der Waals surface area (Å²) in [6.07, 6.45) is 1.50.